The van der Waals surface area contributed by atoms with Crippen molar-refractivity contribution in [3.05, 3.63) is 73.6 Å². The molecule has 0 atom stereocenters. The second-order valence-corrected chi connectivity index (χ2v) is 6.81. The number of aromatic amines is 2. The Hall–Kier alpha value is -4.46. The van der Waals surface area contributed by atoms with Crippen molar-refractivity contribution in [2.75, 3.05) is 0 Å². The molecule has 0 aliphatic rings. The molecule has 2 N–H and O–H groups in total. The van der Waals surface area contributed by atoms with Crippen LogP contribution >= 0.6 is 0 Å². The average molecular weight is 390 g/mol. The smallest absolute Gasteiger partial charge is 0.159 e. The van der Waals surface area contributed by atoms with Crippen molar-refractivity contribution in [3.63, 3.8) is 0 Å². The van der Waals surface area contributed by atoms with Gasteiger partial charge in [-0.25, -0.2) is 4.98 Å². The number of aromatic nitrogens is 8. The highest BCUT2D eigenvalue weighted by molar-refractivity contribution is 5.96. The van der Waals surface area contributed by atoms with Crippen molar-refractivity contribution in [2.45, 2.75) is 0 Å². The molecule has 0 unspecified atom stereocenters. The van der Waals surface area contributed by atoms with Crippen molar-refractivity contribution in [1.82, 2.24) is 40.1 Å². The molecular weight excluding hydrogens is 376 g/mol. The van der Waals surface area contributed by atoms with Gasteiger partial charge in [-0.05, 0) is 30.3 Å². The molecule has 8 nitrogen and oxygen atoms in total. The first kappa shape index (κ1) is 16.5. The molecule has 0 radical (unpaired) electrons. The molecular formula is C22H14N8. The molecule has 0 fully saturated rings. The number of pyridine rings is 4. The zero-order valence-corrected chi connectivity index (χ0v) is 15.6. The predicted molar refractivity (Wildman–Crippen MR) is 113 cm³/mol. The van der Waals surface area contributed by atoms with Gasteiger partial charge in [-0.3, -0.25) is 25.0 Å². The van der Waals surface area contributed by atoms with Gasteiger partial charge >= 0.3 is 0 Å². The quantitative estimate of drug-likeness (QED) is 0.472. The molecule has 8 heteroatoms. The van der Waals surface area contributed by atoms with Gasteiger partial charge in [0.05, 0.1) is 34.8 Å². The highest BCUT2D eigenvalue weighted by Crippen LogP contribution is 2.31. The number of nitrogens with one attached hydrogen (secondary N) is 2. The summed E-state index contributed by atoms with van der Waals surface area (Å²) in [5.74, 6) is 0.660. The molecule has 142 valence electrons. The summed E-state index contributed by atoms with van der Waals surface area (Å²) in [5, 5.41) is 8.47. The van der Waals surface area contributed by atoms with Crippen LogP contribution in [0.3, 0.4) is 0 Å². The summed E-state index contributed by atoms with van der Waals surface area (Å²) in [6, 6.07) is 11.6. The van der Waals surface area contributed by atoms with Gasteiger partial charge in [-0.15, -0.1) is 0 Å². The van der Waals surface area contributed by atoms with Crippen LogP contribution in [-0.2, 0) is 0 Å². The van der Waals surface area contributed by atoms with Crippen LogP contribution in [0.4, 0.5) is 0 Å². The number of nitrogens with zero attached hydrogens (tertiary/aromatic N) is 6. The Morgan fingerprint density at radius 2 is 1.70 bits per heavy atom. The number of rotatable bonds is 3. The third-order valence-electron chi connectivity index (χ3n) is 4.98. The number of imidazole rings is 1. The molecule has 0 bridgehead atoms. The minimum absolute atomic E-state index is 0.660. The van der Waals surface area contributed by atoms with E-state index in [-0.39, 0.29) is 0 Å². The van der Waals surface area contributed by atoms with E-state index in [0.717, 1.165) is 50.1 Å². The topological polar surface area (TPSA) is 109 Å². The lowest BCUT2D eigenvalue weighted by Crippen LogP contribution is -1.86. The number of H-pyrrole nitrogens is 2. The molecule has 0 saturated carbocycles. The summed E-state index contributed by atoms with van der Waals surface area (Å²) < 4.78 is 0. The van der Waals surface area contributed by atoms with E-state index in [1.54, 1.807) is 37.2 Å². The molecule has 6 aromatic heterocycles. The van der Waals surface area contributed by atoms with Crippen LogP contribution < -0.4 is 0 Å². The zero-order valence-electron chi connectivity index (χ0n) is 15.6. The van der Waals surface area contributed by atoms with E-state index in [4.69, 9.17) is 4.98 Å². The van der Waals surface area contributed by atoms with E-state index in [9.17, 15) is 0 Å². The highest BCUT2D eigenvalue weighted by atomic mass is 15.1. The lowest BCUT2D eigenvalue weighted by molar-refractivity contribution is 1.10. The number of hydrogen-bond acceptors (Lipinski definition) is 6. The molecule has 6 heterocycles. The van der Waals surface area contributed by atoms with Crippen LogP contribution in [0.5, 0.6) is 0 Å². The largest absolute Gasteiger partial charge is 0.335 e. The van der Waals surface area contributed by atoms with Crippen molar-refractivity contribution >= 4 is 21.9 Å². The van der Waals surface area contributed by atoms with E-state index in [2.05, 4.69) is 35.1 Å². The maximum Gasteiger partial charge on any atom is 0.159 e. The van der Waals surface area contributed by atoms with Crippen LogP contribution in [-0.4, -0.2) is 40.1 Å². The lowest BCUT2D eigenvalue weighted by Gasteiger charge is -2.00. The summed E-state index contributed by atoms with van der Waals surface area (Å²) >= 11 is 0. The van der Waals surface area contributed by atoms with Crippen molar-refractivity contribution < 1.29 is 0 Å². The molecule has 6 aromatic rings. The first-order valence-corrected chi connectivity index (χ1v) is 9.37. The van der Waals surface area contributed by atoms with Gasteiger partial charge in [0.25, 0.3) is 0 Å². The molecule has 0 saturated heterocycles. The molecule has 0 aromatic carbocycles. The monoisotopic (exact) mass is 390 g/mol. The minimum Gasteiger partial charge on any atom is -0.335 e. The maximum absolute atomic E-state index is 4.84. The fourth-order valence-electron chi connectivity index (χ4n) is 3.53. The van der Waals surface area contributed by atoms with E-state index in [0.29, 0.717) is 5.82 Å². The zero-order chi connectivity index (χ0) is 19.9. The van der Waals surface area contributed by atoms with Gasteiger partial charge in [0.2, 0.25) is 0 Å². The lowest BCUT2D eigenvalue weighted by atomic mass is 10.1. The third-order valence-corrected chi connectivity index (χ3v) is 4.98. The SMILES string of the molecule is c1ccc(-c2cncc3[nH]c(-c4n[nH]c5cnc(-c6ccncc6)cc45)nc23)nc1. The third kappa shape index (κ3) is 2.62. The first-order valence-electron chi connectivity index (χ1n) is 9.37. The van der Waals surface area contributed by atoms with Gasteiger partial charge in [0, 0.05) is 41.3 Å². The summed E-state index contributed by atoms with van der Waals surface area (Å²) in [5.41, 5.74) is 6.73. The Morgan fingerprint density at radius 3 is 2.57 bits per heavy atom. The van der Waals surface area contributed by atoms with Crippen molar-refractivity contribution in [2.24, 2.45) is 0 Å². The molecule has 30 heavy (non-hydrogen) atoms. The number of hydrogen-bond donors (Lipinski definition) is 2. The first-order chi connectivity index (χ1) is 14.9. The second kappa shape index (κ2) is 6.56. The fourth-order valence-corrected chi connectivity index (χ4v) is 3.53. The molecule has 0 aliphatic carbocycles. The Bertz CT molecular complexity index is 1490. The maximum atomic E-state index is 4.84. The predicted octanol–water partition coefficient (Wildman–Crippen LogP) is 4.02. The summed E-state index contributed by atoms with van der Waals surface area (Å²) in [4.78, 5) is 25.6. The second-order valence-electron chi connectivity index (χ2n) is 6.81. The Morgan fingerprint density at radius 1 is 0.767 bits per heavy atom. The van der Waals surface area contributed by atoms with Gasteiger partial charge in [-0.1, -0.05) is 6.07 Å². The summed E-state index contributed by atoms with van der Waals surface area (Å²) in [6.07, 6.45) is 10.6. The standard InChI is InChI=1S/C22H14N8/c1-2-6-25-16(3-1)15-10-24-11-19-20(15)28-22(27-19)21-14-9-17(13-4-7-23-8-5-13)26-12-18(14)29-30-21/h1-12H,(H,27,28)(H,29,30). The van der Waals surface area contributed by atoms with Crippen LogP contribution in [0.15, 0.2) is 73.6 Å². The van der Waals surface area contributed by atoms with Crippen LogP contribution in [0.1, 0.15) is 0 Å². The highest BCUT2D eigenvalue weighted by Gasteiger charge is 2.16. The Kier molecular flexibility index (Phi) is 3.60. The van der Waals surface area contributed by atoms with Crippen LogP contribution in [0.2, 0.25) is 0 Å². The average Bonchev–Trinajstić information content (AvgIpc) is 3.43. The van der Waals surface area contributed by atoms with Gasteiger partial charge in [0.15, 0.2) is 5.82 Å². The summed E-state index contributed by atoms with van der Waals surface area (Å²) in [7, 11) is 0. The summed E-state index contributed by atoms with van der Waals surface area (Å²) in [6.45, 7) is 0. The fraction of sp³-hybridized carbons (Fsp3) is 0. The minimum atomic E-state index is 0.660. The van der Waals surface area contributed by atoms with E-state index >= 15 is 0 Å². The van der Waals surface area contributed by atoms with E-state index in [1.165, 1.54) is 0 Å². The Labute approximate surface area is 170 Å². The molecule has 0 spiro atoms. The van der Waals surface area contributed by atoms with Crippen LogP contribution in [0.25, 0.3) is 56.0 Å². The molecule has 6 rings (SSSR count). The van der Waals surface area contributed by atoms with Gasteiger partial charge in [0.1, 0.15) is 11.2 Å². The van der Waals surface area contributed by atoms with E-state index < -0.39 is 0 Å². The van der Waals surface area contributed by atoms with E-state index in [1.807, 2.05) is 36.4 Å². The Balaban J connectivity index is 1.52. The van der Waals surface area contributed by atoms with Crippen LogP contribution in [0, 0.1) is 0 Å². The molecule has 0 aliphatic heterocycles. The van der Waals surface area contributed by atoms with Crippen molar-refractivity contribution in [1.29, 1.82) is 0 Å². The number of fused-ring (bicyclic) bond motifs is 2. The van der Waals surface area contributed by atoms with Gasteiger partial charge in [-0.2, -0.15) is 5.10 Å². The molecule has 0 amide bonds. The van der Waals surface area contributed by atoms with Gasteiger partial charge < -0.3 is 4.98 Å². The normalized spacial score (nSPS) is 11.3. The van der Waals surface area contributed by atoms with Crippen molar-refractivity contribution in [3.8, 4) is 34.0 Å².